The minimum absolute atomic E-state index is 0.404. The molecule has 0 aromatic heterocycles. The Morgan fingerprint density at radius 1 is 1.35 bits per heavy atom. The van der Waals surface area contributed by atoms with E-state index < -0.39 is 16.7 Å². The number of hydroxylamine groups is 2. The molecule has 0 unspecified atom stereocenters. The lowest BCUT2D eigenvalue weighted by Crippen LogP contribution is -2.51. The Morgan fingerprint density at radius 2 is 1.87 bits per heavy atom. The summed E-state index contributed by atoms with van der Waals surface area (Å²) in [4.78, 5) is 1.99. The third-order valence-electron chi connectivity index (χ3n) is 4.44. The van der Waals surface area contributed by atoms with Crippen molar-refractivity contribution in [3.05, 3.63) is 5.21 Å². The van der Waals surface area contributed by atoms with Crippen LogP contribution in [0.2, 0.25) is 0 Å². The van der Waals surface area contributed by atoms with Gasteiger partial charge >= 0.3 is 0 Å². The van der Waals surface area contributed by atoms with Gasteiger partial charge in [-0.25, -0.2) is 4.90 Å². The first-order valence-electron chi connectivity index (χ1n) is 7.48. The quantitative estimate of drug-likeness (QED) is 0.260. The van der Waals surface area contributed by atoms with Gasteiger partial charge in [0.05, 0.1) is 0 Å². The molecule has 23 heavy (non-hydrogen) atoms. The van der Waals surface area contributed by atoms with E-state index in [1.54, 1.807) is 13.8 Å². The molecule has 0 aromatic carbocycles. The summed E-state index contributed by atoms with van der Waals surface area (Å²) in [5.74, 6) is 0. The predicted molar refractivity (Wildman–Crippen MR) is 92.8 cm³/mol. The summed E-state index contributed by atoms with van der Waals surface area (Å²) in [5, 5.41) is 29.9. The van der Waals surface area contributed by atoms with Gasteiger partial charge in [-0.3, -0.25) is 5.21 Å². The molecule has 0 bridgehead atoms. The van der Waals surface area contributed by atoms with E-state index in [4.69, 9.17) is 5.73 Å². The van der Waals surface area contributed by atoms with Crippen LogP contribution in [0, 0.1) is 5.21 Å². The molecular formula is C15H29N6O2+. The van der Waals surface area contributed by atoms with Crippen LogP contribution in [-0.2, 0) is 0 Å². The topological polar surface area (TPSA) is 103 Å². The second kappa shape index (κ2) is 6.01. The Bertz CT molecular complexity index is 590. The van der Waals surface area contributed by atoms with E-state index in [-0.39, 0.29) is 0 Å². The smallest absolute Gasteiger partial charge is 0.266 e. The summed E-state index contributed by atoms with van der Waals surface area (Å²) in [6, 6.07) is 0. The molecule has 0 aliphatic carbocycles. The van der Waals surface area contributed by atoms with Gasteiger partial charge < -0.3 is 10.9 Å². The van der Waals surface area contributed by atoms with E-state index in [1.807, 2.05) is 39.6 Å². The number of hydrogen-bond acceptors (Lipinski definition) is 6. The molecule has 0 amide bonds. The van der Waals surface area contributed by atoms with Gasteiger partial charge in [0, 0.05) is 13.8 Å². The zero-order valence-corrected chi connectivity index (χ0v) is 15.3. The highest BCUT2D eigenvalue weighted by molar-refractivity contribution is 6.33. The van der Waals surface area contributed by atoms with Gasteiger partial charge in [0.1, 0.15) is 23.5 Å². The highest BCUT2D eigenvalue weighted by Gasteiger charge is 2.53. The van der Waals surface area contributed by atoms with E-state index in [0.717, 1.165) is 9.48 Å². The molecule has 8 nitrogen and oxygen atoms in total. The molecule has 130 valence electrons. The second-order valence-electron chi connectivity index (χ2n) is 7.41. The highest BCUT2D eigenvalue weighted by Crippen LogP contribution is 2.31. The monoisotopic (exact) mass is 325 g/mol. The third-order valence-corrected chi connectivity index (χ3v) is 4.44. The first-order valence-corrected chi connectivity index (χ1v) is 7.48. The largest absolute Gasteiger partial charge is 0.622 e. The van der Waals surface area contributed by atoms with Crippen LogP contribution in [0.3, 0.4) is 0 Å². The summed E-state index contributed by atoms with van der Waals surface area (Å²) in [5.41, 5.74) is 4.99. The molecule has 0 radical (unpaired) electrons. The molecule has 1 aliphatic rings. The van der Waals surface area contributed by atoms with E-state index in [1.165, 1.54) is 19.5 Å². The van der Waals surface area contributed by atoms with E-state index in [9.17, 15) is 10.4 Å². The average Bonchev–Trinajstić information content (AvgIpc) is 2.48. The maximum absolute atomic E-state index is 12.5. The lowest BCUT2D eigenvalue weighted by Gasteiger charge is -2.32. The minimum atomic E-state index is -0.769. The minimum Gasteiger partial charge on any atom is -0.622 e. The zero-order chi connectivity index (χ0) is 18.2. The van der Waals surface area contributed by atoms with Crippen LogP contribution in [0.15, 0.2) is 10.2 Å². The summed E-state index contributed by atoms with van der Waals surface area (Å²) in [6.07, 6.45) is 2.83. The van der Waals surface area contributed by atoms with Crippen molar-refractivity contribution in [2.45, 2.75) is 58.3 Å². The summed E-state index contributed by atoms with van der Waals surface area (Å²) in [6.45, 7) is 11.1. The number of rotatable bonds is 4. The molecule has 0 fully saturated rings. The van der Waals surface area contributed by atoms with Gasteiger partial charge in [-0.15, -0.1) is 0 Å². The standard InChI is InChI=1S/C15H29N6O2/c1-13(2,16)11(19(7)22)9-17-18-10-12-14(3,4)20(8)15(5,6)21(12)23/h9-10,22H,16H2,1-8H3/q+1. The average molecular weight is 325 g/mol. The van der Waals surface area contributed by atoms with Crippen molar-refractivity contribution in [2.24, 2.45) is 15.9 Å². The maximum Gasteiger partial charge on any atom is 0.266 e. The maximum atomic E-state index is 12.5. The molecule has 1 heterocycles. The third kappa shape index (κ3) is 3.59. The molecule has 0 saturated carbocycles. The molecule has 1 rings (SSSR count). The molecule has 0 saturated heterocycles. The van der Waals surface area contributed by atoms with Crippen LogP contribution in [-0.4, -0.2) is 74.3 Å². The van der Waals surface area contributed by atoms with Crippen molar-refractivity contribution < 1.29 is 14.7 Å². The Labute approximate surface area is 137 Å². The zero-order valence-electron chi connectivity index (χ0n) is 15.3. The Morgan fingerprint density at radius 3 is 2.22 bits per heavy atom. The van der Waals surface area contributed by atoms with Crippen molar-refractivity contribution in [1.29, 1.82) is 0 Å². The van der Waals surface area contributed by atoms with Gasteiger partial charge in [0.2, 0.25) is 11.4 Å². The van der Waals surface area contributed by atoms with Crippen LogP contribution in [0.1, 0.15) is 41.5 Å². The van der Waals surface area contributed by atoms with Crippen molar-refractivity contribution in [3.63, 3.8) is 0 Å². The van der Waals surface area contributed by atoms with Crippen molar-refractivity contribution in [2.75, 3.05) is 14.1 Å². The summed E-state index contributed by atoms with van der Waals surface area (Å²) < 4.78 is 1.85. The van der Waals surface area contributed by atoms with Crippen molar-refractivity contribution in [1.82, 2.24) is 4.90 Å². The predicted octanol–water partition coefficient (Wildman–Crippen LogP) is 0.664. The Hall–Kier alpha value is -1.80. The molecule has 1 aliphatic heterocycles. The van der Waals surface area contributed by atoms with Gasteiger partial charge in [-0.1, -0.05) is 0 Å². The fourth-order valence-corrected chi connectivity index (χ4v) is 2.59. The van der Waals surface area contributed by atoms with Crippen LogP contribution in [0.25, 0.3) is 0 Å². The fourth-order valence-electron chi connectivity index (χ4n) is 2.59. The van der Waals surface area contributed by atoms with Gasteiger partial charge in [0.25, 0.3) is 5.71 Å². The Kier molecular flexibility index (Phi) is 5.03. The fraction of sp³-hybridized carbons (Fsp3) is 0.733. The highest BCUT2D eigenvalue weighted by atomic mass is 16.5. The molecule has 0 atom stereocenters. The molecular weight excluding hydrogens is 296 g/mol. The number of nitrogens with zero attached hydrogens (tertiary/aromatic N) is 5. The first-order chi connectivity index (χ1) is 10.2. The van der Waals surface area contributed by atoms with Crippen LogP contribution < -0.4 is 5.73 Å². The van der Waals surface area contributed by atoms with Crippen molar-refractivity contribution >= 4 is 23.9 Å². The van der Waals surface area contributed by atoms with Gasteiger partial charge in [-0.2, -0.15) is 14.9 Å². The molecule has 3 N–H and O–H groups in total. The van der Waals surface area contributed by atoms with Gasteiger partial charge in [-0.05, 0) is 39.5 Å². The summed E-state index contributed by atoms with van der Waals surface area (Å²) in [7, 11) is 3.36. The molecule has 0 aromatic rings. The van der Waals surface area contributed by atoms with Crippen LogP contribution in [0.4, 0.5) is 0 Å². The molecule has 0 spiro atoms. The van der Waals surface area contributed by atoms with Crippen molar-refractivity contribution in [3.8, 4) is 0 Å². The lowest BCUT2D eigenvalue weighted by molar-refractivity contribution is -0.754. The molecule has 8 heteroatoms. The Balaban J connectivity index is 3.09. The normalized spacial score (nSPS) is 23.2. The van der Waals surface area contributed by atoms with Crippen LogP contribution >= 0.6 is 0 Å². The first kappa shape index (κ1) is 19.2. The van der Waals surface area contributed by atoms with E-state index >= 15 is 0 Å². The van der Waals surface area contributed by atoms with Gasteiger partial charge in [0.15, 0.2) is 7.05 Å². The lowest BCUT2D eigenvalue weighted by atomic mass is 9.98. The SMILES string of the molecule is CN1C(C)(C)C(/C=N/N=C/C(=[N+](\C)O)C(C)(C)N)=[N+]([O-])C1(C)C. The van der Waals surface area contributed by atoms with Crippen LogP contribution in [0.5, 0.6) is 0 Å². The van der Waals surface area contributed by atoms with E-state index in [0.29, 0.717) is 11.4 Å². The van der Waals surface area contributed by atoms with E-state index in [2.05, 4.69) is 10.2 Å². The number of hydrogen-bond donors (Lipinski definition) is 2. The number of nitrogens with two attached hydrogens (primary N) is 1. The summed E-state index contributed by atoms with van der Waals surface area (Å²) >= 11 is 0. The second-order valence-corrected chi connectivity index (χ2v) is 7.41.